The number of benzene rings is 2. The minimum Gasteiger partial charge on any atom is -0.306 e. The maximum atomic E-state index is 3.85. The van der Waals surface area contributed by atoms with Crippen molar-refractivity contribution in [2.45, 2.75) is 13.1 Å². The third-order valence-electron chi connectivity index (χ3n) is 6.24. The molecule has 0 unspecified atom stereocenters. The average Bonchev–Trinajstić information content (AvgIpc) is 2.65. The highest BCUT2D eigenvalue weighted by Crippen LogP contribution is 2.30. The summed E-state index contributed by atoms with van der Waals surface area (Å²) < 4.78 is 2.60. The minimum atomic E-state index is 1.20. The van der Waals surface area contributed by atoms with E-state index in [0.717, 1.165) is 0 Å². The lowest BCUT2D eigenvalue weighted by Gasteiger charge is -2.55. The topological polar surface area (TPSA) is 0 Å². The fourth-order valence-electron chi connectivity index (χ4n) is 4.54. The molecule has 0 radical (unpaired) electrons. The number of quaternary nitrogens is 2. The molecule has 0 saturated carbocycles. The van der Waals surface area contributed by atoms with Gasteiger partial charge in [0.15, 0.2) is 0 Å². The Labute approximate surface area is 145 Å². The number of hydrogen-bond donors (Lipinski definition) is 0. The van der Waals surface area contributed by atoms with Crippen LogP contribution in [-0.4, -0.2) is 48.2 Å². The van der Waals surface area contributed by atoms with E-state index in [4.69, 9.17) is 0 Å². The highest BCUT2D eigenvalue weighted by atomic mass is 15.5. The molecule has 3 saturated heterocycles. The molecular formula is C22H28N2+2. The van der Waals surface area contributed by atoms with Gasteiger partial charge in [-0.1, -0.05) is 67.3 Å². The molecule has 0 aromatic heterocycles. The minimum absolute atomic E-state index is 1.20. The third kappa shape index (κ3) is 3.04. The van der Waals surface area contributed by atoms with Gasteiger partial charge in [0.05, 0.1) is 0 Å². The Morgan fingerprint density at radius 3 is 1.58 bits per heavy atom. The molecule has 0 amide bonds. The van der Waals surface area contributed by atoms with Crippen molar-refractivity contribution in [3.63, 3.8) is 0 Å². The lowest BCUT2D eigenvalue weighted by atomic mass is 10.0. The van der Waals surface area contributed by atoms with Gasteiger partial charge in [0.1, 0.15) is 52.4 Å². The summed E-state index contributed by atoms with van der Waals surface area (Å²) in [4.78, 5) is 0. The van der Waals surface area contributed by atoms with Crippen LogP contribution in [0, 0.1) is 0 Å². The molecule has 2 aromatic carbocycles. The van der Waals surface area contributed by atoms with Gasteiger partial charge in [0.25, 0.3) is 0 Å². The fraction of sp³-hybridized carbons (Fsp3) is 0.364. The predicted octanol–water partition coefficient (Wildman–Crippen LogP) is 3.69. The van der Waals surface area contributed by atoms with Gasteiger partial charge in [-0.05, 0) is 5.56 Å². The molecule has 2 nitrogen and oxygen atoms in total. The summed E-state index contributed by atoms with van der Waals surface area (Å²) in [6.07, 6.45) is 1.92. The van der Waals surface area contributed by atoms with Crippen LogP contribution in [0.5, 0.6) is 0 Å². The molecule has 0 atom stereocenters. The normalized spacial score (nSPS) is 28.7. The Kier molecular flexibility index (Phi) is 4.03. The second-order valence-corrected chi connectivity index (χ2v) is 7.77. The zero-order valence-corrected chi connectivity index (χ0v) is 14.5. The fourth-order valence-corrected chi connectivity index (χ4v) is 4.54. The lowest BCUT2D eigenvalue weighted by Crippen LogP contribution is -2.74. The first kappa shape index (κ1) is 15.6. The second-order valence-electron chi connectivity index (χ2n) is 7.77. The molecule has 3 aliphatic rings. The summed E-state index contributed by atoms with van der Waals surface area (Å²) in [5.41, 5.74) is 4.19. The van der Waals surface area contributed by atoms with Crippen molar-refractivity contribution in [2.24, 2.45) is 0 Å². The first-order chi connectivity index (χ1) is 11.7. The maximum absolute atomic E-state index is 3.85. The van der Waals surface area contributed by atoms with Crippen molar-refractivity contribution in [1.82, 2.24) is 0 Å². The van der Waals surface area contributed by atoms with E-state index < -0.39 is 0 Å². The summed E-state index contributed by atoms with van der Waals surface area (Å²) in [6.45, 7) is 14.2. The molecule has 3 heterocycles. The Bertz CT molecular complexity index is 678. The first-order valence-corrected chi connectivity index (χ1v) is 9.17. The number of piperazine rings is 3. The molecule has 0 spiro atoms. The molecule has 5 rings (SSSR count). The summed E-state index contributed by atoms with van der Waals surface area (Å²) in [6, 6.07) is 20.0. The van der Waals surface area contributed by atoms with Crippen LogP contribution in [0.25, 0.3) is 6.08 Å². The molecule has 0 aliphatic carbocycles. The number of hydrogen-bond acceptors (Lipinski definition) is 0. The monoisotopic (exact) mass is 320 g/mol. The van der Waals surface area contributed by atoms with Crippen LogP contribution in [0.4, 0.5) is 0 Å². The molecule has 0 N–H and O–H groups in total. The van der Waals surface area contributed by atoms with Gasteiger partial charge < -0.3 is 8.97 Å². The zero-order valence-electron chi connectivity index (χ0n) is 14.5. The first-order valence-electron chi connectivity index (χ1n) is 9.17. The van der Waals surface area contributed by atoms with Crippen molar-refractivity contribution in [1.29, 1.82) is 0 Å². The van der Waals surface area contributed by atoms with E-state index in [2.05, 4.69) is 61.2 Å². The molecule has 124 valence electrons. The van der Waals surface area contributed by atoms with Gasteiger partial charge in [0.2, 0.25) is 0 Å². The molecule has 2 bridgehead atoms. The molecule has 2 aromatic rings. The van der Waals surface area contributed by atoms with Crippen LogP contribution < -0.4 is 0 Å². The number of rotatable bonds is 5. The highest BCUT2D eigenvalue weighted by molar-refractivity contribution is 5.47. The summed E-state index contributed by atoms with van der Waals surface area (Å²) in [5.74, 6) is 0. The number of nitrogens with zero attached hydrogens (tertiary/aromatic N) is 2. The summed E-state index contributed by atoms with van der Waals surface area (Å²) >= 11 is 0. The molecular weight excluding hydrogens is 292 g/mol. The van der Waals surface area contributed by atoms with Crippen LogP contribution >= 0.6 is 0 Å². The third-order valence-corrected chi connectivity index (χ3v) is 6.24. The van der Waals surface area contributed by atoms with Crippen molar-refractivity contribution < 1.29 is 8.97 Å². The smallest absolute Gasteiger partial charge is 0.129 e. The van der Waals surface area contributed by atoms with Gasteiger partial charge in [-0.25, -0.2) is 0 Å². The number of fused-ring (bicyclic) bond motifs is 3. The average molecular weight is 320 g/mol. The molecule has 3 aliphatic heterocycles. The predicted molar refractivity (Wildman–Crippen MR) is 100 cm³/mol. The SMILES string of the molecule is C=Cc1ccc(C[N+]23CC[N+](Cc4ccccc4)(CC2)CC3)cc1. The van der Waals surface area contributed by atoms with Crippen molar-refractivity contribution in [3.05, 3.63) is 77.9 Å². The van der Waals surface area contributed by atoms with E-state index >= 15 is 0 Å². The Morgan fingerprint density at radius 1 is 0.667 bits per heavy atom. The van der Waals surface area contributed by atoms with Crippen molar-refractivity contribution in [3.8, 4) is 0 Å². The van der Waals surface area contributed by atoms with Gasteiger partial charge in [0, 0.05) is 11.1 Å². The molecule has 2 heteroatoms. The Balaban J connectivity index is 1.43. The quantitative estimate of drug-likeness (QED) is 0.737. The second kappa shape index (κ2) is 6.19. The van der Waals surface area contributed by atoms with E-state index in [9.17, 15) is 0 Å². The largest absolute Gasteiger partial charge is 0.306 e. The van der Waals surface area contributed by atoms with E-state index in [-0.39, 0.29) is 0 Å². The molecule has 3 fully saturated rings. The Hall–Kier alpha value is -1.90. The van der Waals surface area contributed by atoms with Crippen LogP contribution in [0.3, 0.4) is 0 Å². The summed E-state index contributed by atoms with van der Waals surface area (Å²) in [7, 11) is 0. The van der Waals surface area contributed by atoms with Gasteiger partial charge in [-0.2, -0.15) is 0 Å². The van der Waals surface area contributed by atoms with Gasteiger partial charge in [-0.15, -0.1) is 0 Å². The van der Waals surface area contributed by atoms with Crippen LogP contribution in [-0.2, 0) is 13.1 Å². The zero-order chi connectivity index (χ0) is 16.5. The molecule has 24 heavy (non-hydrogen) atoms. The van der Waals surface area contributed by atoms with Crippen molar-refractivity contribution >= 4 is 6.08 Å². The summed E-state index contributed by atoms with van der Waals surface area (Å²) in [5, 5.41) is 0. The van der Waals surface area contributed by atoms with E-state index in [1.807, 2.05) is 6.08 Å². The van der Waals surface area contributed by atoms with Crippen molar-refractivity contribution in [2.75, 3.05) is 39.3 Å². The standard InChI is InChI=1S/C22H28N2/c1-2-20-8-10-22(11-9-20)19-24-15-12-23(13-16-24,14-17-24)18-21-6-4-3-5-7-21/h2-11H,1,12-19H2/q+2. The van der Waals surface area contributed by atoms with Crippen LogP contribution in [0.15, 0.2) is 61.2 Å². The van der Waals surface area contributed by atoms with Crippen LogP contribution in [0.2, 0.25) is 0 Å². The van der Waals surface area contributed by atoms with E-state index in [1.54, 1.807) is 0 Å². The van der Waals surface area contributed by atoms with E-state index in [1.165, 1.54) is 78.0 Å². The van der Waals surface area contributed by atoms with E-state index in [0.29, 0.717) is 0 Å². The maximum Gasteiger partial charge on any atom is 0.129 e. The lowest BCUT2D eigenvalue weighted by molar-refractivity contribution is -1.09. The van der Waals surface area contributed by atoms with Crippen LogP contribution in [0.1, 0.15) is 16.7 Å². The highest BCUT2D eigenvalue weighted by Gasteiger charge is 2.48. The Morgan fingerprint density at radius 2 is 1.12 bits per heavy atom. The van der Waals surface area contributed by atoms with Gasteiger partial charge >= 0.3 is 0 Å². The van der Waals surface area contributed by atoms with Gasteiger partial charge in [-0.3, -0.25) is 0 Å².